The Morgan fingerprint density at radius 1 is 0.917 bits per heavy atom. The van der Waals surface area contributed by atoms with E-state index in [4.69, 9.17) is 0 Å². The lowest BCUT2D eigenvalue weighted by molar-refractivity contribution is 1.21. The van der Waals surface area contributed by atoms with Crippen molar-refractivity contribution in [3.05, 3.63) is 100 Å². The Labute approximate surface area is 143 Å². The van der Waals surface area contributed by atoms with Gasteiger partial charge in [-0.3, -0.25) is 0 Å². The Balaban J connectivity index is 1.78. The average Bonchev–Trinajstić information content (AvgIpc) is 2.81. The summed E-state index contributed by atoms with van der Waals surface area (Å²) in [6, 6.07) is 13.4. The summed E-state index contributed by atoms with van der Waals surface area (Å²) >= 11 is 0. The molecule has 118 valence electrons. The van der Waals surface area contributed by atoms with E-state index in [-0.39, 0.29) is 0 Å². The molecule has 1 aliphatic carbocycles. The van der Waals surface area contributed by atoms with Gasteiger partial charge in [-0.25, -0.2) is 0 Å². The Morgan fingerprint density at radius 2 is 1.75 bits per heavy atom. The first kappa shape index (κ1) is 14.8. The van der Waals surface area contributed by atoms with Crippen LogP contribution in [0.1, 0.15) is 33.4 Å². The lowest BCUT2D eigenvalue weighted by atomic mass is 9.99. The fraction of sp³-hybridized carbons (Fsp3) is 0.130. The summed E-state index contributed by atoms with van der Waals surface area (Å²) in [7, 11) is 0. The first-order valence-corrected chi connectivity index (χ1v) is 8.42. The molecule has 1 heterocycles. The van der Waals surface area contributed by atoms with Crippen LogP contribution in [0.5, 0.6) is 0 Å². The molecule has 0 fully saturated rings. The molecule has 2 aromatic carbocycles. The zero-order valence-corrected chi connectivity index (χ0v) is 14.1. The fourth-order valence-electron chi connectivity index (χ4n) is 3.57. The number of hydrogen-bond acceptors (Lipinski definition) is 1. The maximum Gasteiger partial charge on any atom is 0.0459 e. The minimum absolute atomic E-state index is 1.00. The monoisotopic (exact) mass is 311 g/mol. The van der Waals surface area contributed by atoms with Crippen molar-refractivity contribution in [1.82, 2.24) is 5.32 Å². The lowest BCUT2D eigenvalue weighted by Gasteiger charge is -2.11. The largest absolute Gasteiger partial charge is 0.361 e. The molecular weight excluding hydrogens is 290 g/mol. The number of nitrogens with one attached hydrogen (secondary N) is 1. The number of aryl methyl sites for hydroxylation is 2. The molecule has 1 heteroatoms. The Hall–Kier alpha value is -2.80. The normalized spacial score (nSPS) is 15.4. The minimum atomic E-state index is 1.00. The van der Waals surface area contributed by atoms with Gasteiger partial charge < -0.3 is 5.32 Å². The maximum atomic E-state index is 3.39. The molecule has 2 aromatic rings. The Bertz CT molecular complexity index is 903. The molecule has 0 saturated heterocycles. The van der Waals surface area contributed by atoms with E-state index in [0.29, 0.717) is 0 Å². The Kier molecular flexibility index (Phi) is 3.70. The summed E-state index contributed by atoms with van der Waals surface area (Å²) < 4.78 is 0. The molecule has 1 N–H and O–H groups in total. The highest BCUT2D eigenvalue weighted by Gasteiger charge is 2.18. The molecule has 0 radical (unpaired) electrons. The molecule has 1 aliphatic heterocycles. The molecule has 2 aliphatic rings. The van der Waals surface area contributed by atoms with E-state index in [1.54, 1.807) is 0 Å². The highest BCUT2D eigenvalue weighted by atomic mass is 14.8. The molecule has 0 spiro atoms. The highest BCUT2D eigenvalue weighted by molar-refractivity contribution is 5.92. The van der Waals surface area contributed by atoms with Crippen molar-refractivity contribution in [2.45, 2.75) is 20.3 Å². The first-order valence-electron chi connectivity index (χ1n) is 8.42. The van der Waals surface area contributed by atoms with Gasteiger partial charge in [0.15, 0.2) is 0 Å². The van der Waals surface area contributed by atoms with E-state index < -0.39 is 0 Å². The smallest absolute Gasteiger partial charge is 0.0459 e. The third kappa shape index (κ3) is 2.74. The van der Waals surface area contributed by atoms with Gasteiger partial charge in [-0.1, -0.05) is 59.7 Å². The van der Waals surface area contributed by atoms with Crippen LogP contribution in [0.4, 0.5) is 0 Å². The van der Waals surface area contributed by atoms with Gasteiger partial charge in [0.1, 0.15) is 0 Å². The van der Waals surface area contributed by atoms with Gasteiger partial charge in [0.25, 0.3) is 0 Å². The SMILES string of the molecule is Cc1cc(C)cc(C2=Cc3c(cccc3C3=CC=CC=CN3)C2)c1. The third-order valence-corrected chi connectivity index (χ3v) is 4.60. The van der Waals surface area contributed by atoms with Crippen LogP contribution in [0.3, 0.4) is 0 Å². The van der Waals surface area contributed by atoms with Crippen LogP contribution in [-0.4, -0.2) is 0 Å². The summed E-state index contributed by atoms with van der Waals surface area (Å²) in [6.07, 6.45) is 13.6. The van der Waals surface area contributed by atoms with Crippen LogP contribution in [0.15, 0.2) is 66.9 Å². The zero-order chi connectivity index (χ0) is 16.5. The van der Waals surface area contributed by atoms with Crippen LogP contribution in [0, 0.1) is 13.8 Å². The van der Waals surface area contributed by atoms with Crippen molar-refractivity contribution >= 4 is 17.3 Å². The van der Waals surface area contributed by atoms with Crippen molar-refractivity contribution in [1.29, 1.82) is 0 Å². The van der Waals surface area contributed by atoms with Gasteiger partial charge in [0.2, 0.25) is 0 Å². The second kappa shape index (κ2) is 6.01. The molecule has 0 atom stereocenters. The second-order valence-corrected chi connectivity index (χ2v) is 6.57. The molecule has 4 rings (SSSR count). The quantitative estimate of drug-likeness (QED) is 0.781. The zero-order valence-electron chi connectivity index (χ0n) is 14.1. The van der Waals surface area contributed by atoms with E-state index in [0.717, 1.165) is 12.1 Å². The van der Waals surface area contributed by atoms with E-state index in [1.165, 1.54) is 39.0 Å². The van der Waals surface area contributed by atoms with Crippen molar-refractivity contribution in [3.8, 4) is 0 Å². The van der Waals surface area contributed by atoms with Crippen molar-refractivity contribution in [3.63, 3.8) is 0 Å². The van der Waals surface area contributed by atoms with Gasteiger partial charge in [-0.2, -0.15) is 0 Å². The molecule has 24 heavy (non-hydrogen) atoms. The molecule has 0 unspecified atom stereocenters. The van der Waals surface area contributed by atoms with Gasteiger partial charge in [0.05, 0.1) is 0 Å². The summed E-state index contributed by atoms with van der Waals surface area (Å²) in [5, 5.41) is 3.39. The van der Waals surface area contributed by atoms with Gasteiger partial charge in [-0.05, 0) is 60.8 Å². The van der Waals surface area contributed by atoms with Gasteiger partial charge in [-0.15, -0.1) is 0 Å². The number of benzene rings is 2. The van der Waals surface area contributed by atoms with E-state index in [2.05, 4.69) is 73.8 Å². The van der Waals surface area contributed by atoms with Crippen LogP contribution in [0.25, 0.3) is 17.3 Å². The second-order valence-electron chi connectivity index (χ2n) is 6.57. The molecular formula is C23H21N. The minimum Gasteiger partial charge on any atom is -0.361 e. The predicted molar refractivity (Wildman–Crippen MR) is 103 cm³/mol. The number of allylic oxidation sites excluding steroid dienone is 5. The van der Waals surface area contributed by atoms with Crippen molar-refractivity contribution in [2.75, 3.05) is 0 Å². The summed E-state index contributed by atoms with van der Waals surface area (Å²) in [5.74, 6) is 0. The first-order chi connectivity index (χ1) is 11.7. The van der Waals surface area contributed by atoms with E-state index >= 15 is 0 Å². The standard InChI is InChI=1S/C23H21N/c1-16-11-17(2)13-19(12-16)20-14-18-7-6-8-21(22(18)15-20)23-9-4-3-5-10-24-23/h3-13,15,24H,14H2,1-2H3. The van der Waals surface area contributed by atoms with Crippen LogP contribution >= 0.6 is 0 Å². The summed E-state index contributed by atoms with van der Waals surface area (Å²) in [4.78, 5) is 0. The van der Waals surface area contributed by atoms with Crippen molar-refractivity contribution in [2.24, 2.45) is 0 Å². The topological polar surface area (TPSA) is 12.0 Å². The molecule has 0 bridgehead atoms. The predicted octanol–water partition coefficient (Wildman–Crippen LogP) is 5.41. The molecule has 0 saturated carbocycles. The third-order valence-electron chi connectivity index (χ3n) is 4.60. The number of rotatable bonds is 2. The van der Waals surface area contributed by atoms with Gasteiger partial charge in [0, 0.05) is 17.5 Å². The van der Waals surface area contributed by atoms with E-state index in [9.17, 15) is 0 Å². The van der Waals surface area contributed by atoms with E-state index in [1.807, 2.05) is 18.4 Å². The average molecular weight is 311 g/mol. The molecule has 0 amide bonds. The van der Waals surface area contributed by atoms with Crippen LogP contribution in [-0.2, 0) is 6.42 Å². The summed E-state index contributed by atoms with van der Waals surface area (Å²) in [6.45, 7) is 4.34. The Morgan fingerprint density at radius 3 is 2.58 bits per heavy atom. The lowest BCUT2D eigenvalue weighted by Crippen LogP contribution is -2.04. The highest BCUT2D eigenvalue weighted by Crippen LogP contribution is 2.36. The number of fused-ring (bicyclic) bond motifs is 1. The van der Waals surface area contributed by atoms with Crippen molar-refractivity contribution < 1.29 is 0 Å². The maximum absolute atomic E-state index is 3.39. The summed E-state index contributed by atoms with van der Waals surface area (Å²) in [5.41, 5.74) is 10.6. The molecule has 1 nitrogen and oxygen atoms in total. The van der Waals surface area contributed by atoms with Crippen LogP contribution in [0.2, 0.25) is 0 Å². The fourth-order valence-corrected chi connectivity index (χ4v) is 3.57. The molecule has 0 aromatic heterocycles. The van der Waals surface area contributed by atoms with Crippen LogP contribution < -0.4 is 5.32 Å². The van der Waals surface area contributed by atoms with Gasteiger partial charge >= 0.3 is 0 Å². The number of hydrogen-bond donors (Lipinski definition) is 1.